The van der Waals surface area contributed by atoms with Crippen LogP contribution in [0.2, 0.25) is 0 Å². The summed E-state index contributed by atoms with van der Waals surface area (Å²) in [6, 6.07) is 11.0. The zero-order valence-electron chi connectivity index (χ0n) is 12.5. The Morgan fingerprint density at radius 1 is 1.04 bits per heavy atom. The van der Waals surface area contributed by atoms with Crippen LogP contribution in [0, 0.1) is 11.6 Å². The van der Waals surface area contributed by atoms with Crippen molar-refractivity contribution in [1.82, 2.24) is 9.97 Å². The third-order valence-corrected chi connectivity index (χ3v) is 5.22. The molecule has 4 rings (SSSR count). The molecule has 0 aliphatic carbocycles. The number of rotatable bonds is 3. The predicted octanol–water partition coefficient (Wildman–Crippen LogP) is 4.95. The Hall–Kier alpha value is -2.71. The minimum Gasteiger partial charge on any atom is -0.296 e. The van der Waals surface area contributed by atoms with E-state index in [9.17, 15) is 13.6 Å². The van der Waals surface area contributed by atoms with Crippen molar-refractivity contribution in [3.63, 3.8) is 0 Å². The highest BCUT2D eigenvalue weighted by atomic mass is 32.1. The normalized spacial score (nSPS) is 11.0. The highest BCUT2D eigenvalue weighted by Gasteiger charge is 2.15. The zero-order valence-corrected chi connectivity index (χ0v) is 14.1. The summed E-state index contributed by atoms with van der Waals surface area (Å²) in [5.74, 6) is -2.21. The van der Waals surface area contributed by atoms with Crippen molar-refractivity contribution in [3.05, 3.63) is 64.5 Å². The highest BCUT2D eigenvalue weighted by Crippen LogP contribution is 2.27. The van der Waals surface area contributed by atoms with Gasteiger partial charge >= 0.3 is 0 Å². The lowest BCUT2D eigenvalue weighted by Crippen LogP contribution is -2.11. The first-order chi connectivity index (χ1) is 12.1. The zero-order chi connectivity index (χ0) is 17.4. The first kappa shape index (κ1) is 15.8. The molecular formula is C17H9F2N3OS2. The molecule has 124 valence electrons. The molecule has 0 radical (unpaired) electrons. The van der Waals surface area contributed by atoms with Gasteiger partial charge in [-0.3, -0.25) is 10.1 Å². The minimum atomic E-state index is -0.939. The van der Waals surface area contributed by atoms with Crippen molar-refractivity contribution in [1.29, 1.82) is 0 Å². The lowest BCUT2D eigenvalue weighted by atomic mass is 10.2. The highest BCUT2D eigenvalue weighted by molar-refractivity contribution is 7.20. The van der Waals surface area contributed by atoms with Gasteiger partial charge in [0.15, 0.2) is 21.8 Å². The summed E-state index contributed by atoms with van der Waals surface area (Å²) in [6.45, 7) is 0. The van der Waals surface area contributed by atoms with Crippen LogP contribution in [0.1, 0.15) is 9.80 Å². The number of para-hydroxylation sites is 1. The van der Waals surface area contributed by atoms with E-state index in [-0.39, 0.29) is 5.91 Å². The maximum atomic E-state index is 13.3. The van der Waals surface area contributed by atoms with Gasteiger partial charge in [-0.2, -0.15) is 0 Å². The van der Waals surface area contributed by atoms with Crippen LogP contribution in [0.4, 0.5) is 13.9 Å². The fourth-order valence-corrected chi connectivity index (χ4v) is 3.81. The second-order valence-corrected chi connectivity index (χ2v) is 7.00. The summed E-state index contributed by atoms with van der Waals surface area (Å²) in [7, 11) is 0. The van der Waals surface area contributed by atoms with E-state index in [1.807, 2.05) is 24.3 Å². The van der Waals surface area contributed by atoms with Gasteiger partial charge in [0.05, 0.1) is 15.9 Å². The number of halogens is 2. The van der Waals surface area contributed by atoms with Crippen LogP contribution in [0.3, 0.4) is 0 Å². The maximum absolute atomic E-state index is 13.3. The summed E-state index contributed by atoms with van der Waals surface area (Å²) in [5.41, 5.74) is 1.67. The molecule has 0 saturated heterocycles. The number of hydrogen-bond acceptors (Lipinski definition) is 5. The standard InChI is InChI=1S/C17H9F2N3OS2/c18-10-6-5-9(7-11(10)19)13-8-24-17(21-13)22-15(23)16-20-12-3-1-2-4-14(12)25-16/h1-8H,(H,21,22,23). The number of anilines is 1. The fraction of sp³-hybridized carbons (Fsp3) is 0. The summed E-state index contributed by atoms with van der Waals surface area (Å²) >= 11 is 2.50. The number of carbonyl (C=O) groups is 1. The lowest BCUT2D eigenvalue weighted by molar-refractivity contribution is 0.102. The molecule has 0 atom stereocenters. The Bertz CT molecular complexity index is 1060. The summed E-state index contributed by atoms with van der Waals surface area (Å²) < 4.78 is 27.3. The van der Waals surface area contributed by atoms with E-state index >= 15 is 0 Å². The molecule has 0 unspecified atom stereocenters. The molecular weight excluding hydrogens is 364 g/mol. The van der Waals surface area contributed by atoms with Gasteiger partial charge in [-0.15, -0.1) is 22.7 Å². The van der Waals surface area contributed by atoms with Crippen LogP contribution in [0.5, 0.6) is 0 Å². The number of benzene rings is 2. The molecule has 2 aromatic heterocycles. The van der Waals surface area contributed by atoms with E-state index in [2.05, 4.69) is 15.3 Å². The van der Waals surface area contributed by atoms with Gasteiger partial charge in [0.1, 0.15) is 0 Å². The van der Waals surface area contributed by atoms with Crippen molar-refractivity contribution in [2.75, 3.05) is 5.32 Å². The molecule has 0 aliphatic heterocycles. The van der Waals surface area contributed by atoms with Crippen molar-refractivity contribution in [2.24, 2.45) is 0 Å². The van der Waals surface area contributed by atoms with Crippen molar-refractivity contribution in [3.8, 4) is 11.3 Å². The molecule has 25 heavy (non-hydrogen) atoms. The van der Waals surface area contributed by atoms with Gasteiger partial charge in [-0.25, -0.2) is 18.7 Å². The van der Waals surface area contributed by atoms with E-state index in [0.717, 1.165) is 22.3 Å². The Morgan fingerprint density at radius 2 is 1.88 bits per heavy atom. The maximum Gasteiger partial charge on any atom is 0.286 e. The van der Waals surface area contributed by atoms with Gasteiger partial charge in [-0.05, 0) is 30.3 Å². The van der Waals surface area contributed by atoms with E-state index in [1.165, 1.54) is 28.7 Å². The van der Waals surface area contributed by atoms with Gasteiger partial charge in [-0.1, -0.05) is 12.1 Å². The van der Waals surface area contributed by atoms with Gasteiger partial charge < -0.3 is 0 Å². The fourth-order valence-electron chi connectivity index (χ4n) is 2.24. The molecule has 2 aromatic carbocycles. The molecule has 0 aliphatic rings. The summed E-state index contributed by atoms with van der Waals surface area (Å²) in [5, 5.41) is 5.05. The topological polar surface area (TPSA) is 54.9 Å². The lowest BCUT2D eigenvalue weighted by Gasteiger charge is -1.99. The molecule has 1 amide bonds. The van der Waals surface area contributed by atoms with E-state index in [0.29, 0.717) is 21.4 Å². The average Bonchev–Trinajstić information content (AvgIpc) is 3.24. The number of nitrogens with one attached hydrogen (secondary N) is 1. The number of carbonyl (C=O) groups excluding carboxylic acids is 1. The molecule has 2 heterocycles. The quantitative estimate of drug-likeness (QED) is 0.553. The Labute approximate surface area is 148 Å². The Morgan fingerprint density at radius 3 is 2.68 bits per heavy atom. The first-order valence-corrected chi connectivity index (χ1v) is 8.87. The van der Waals surface area contributed by atoms with Crippen molar-refractivity contribution in [2.45, 2.75) is 0 Å². The smallest absolute Gasteiger partial charge is 0.286 e. The Balaban J connectivity index is 1.56. The minimum absolute atomic E-state index is 0.339. The molecule has 1 N–H and O–H groups in total. The van der Waals surface area contributed by atoms with Crippen molar-refractivity contribution >= 4 is 43.9 Å². The van der Waals surface area contributed by atoms with E-state index < -0.39 is 11.6 Å². The first-order valence-electron chi connectivity index (χ1n) is 7.18. The second kappa shape index (κ2) is 6.30. The van der Waals surface area contributed by atoms with Crippen molar-refractivity contribution < 1.29 is 13.6 Å². The largest absolute Gasteiger partial charge is 0.296 e. The summed E-state index contributed by atoms with van der Waals surface area (Å²) in [6.07, 6.45) is 0. The number of thiazole rings is 2. The van der Waals surface area contributed by atoms with Crippen LogP contribution >= 0.6 is 22.7 Å². The molecule has 0 bridgehead atoms. The number of nitrogens with zero attached hydrogens (tertiary/aromatic N) is 2. The third-order valence-electron chi connectivity index (χ3n) is 3.43. The second-order valence-electron chi connectivity index (χ2n) is 5.11. The van der Waals surface area contributed by atoms with Crippen LogP contribution in [0.25, 0.3) is 21.5 Å². The van der Waals surface area contributed by atoms with Crippen LogP contribution in [-0.4, -0.2) is 15.9 Å². The number of amides is 1. The SMILES string of the molecule is O=C(Nc1nc(-c2ccc(F)c(F)c2)cs1)c1nc2ccccc2s1. The number of hydrogen-bond donors (Lipinski definition) is 1. The van der Waals surface area contributed by atoms with E-state index in [4.69, 9.17) is 0 Å². The average molecular weight is 373 g/mol. The van der Waals surface area contributed by atoms with Crippen LogP contribution in [0.15, 0.2) is 47.8 Å². The number of aromatic nitrogens is 2. The molecule has 4 aromatic rings. The molecule has 8 heteroatoms. The Kier molecular flexibility index (Phi) is 3.98. The monoisotopic (exact) mass is 373 g/mol. The molecule has 0 saturated carbocycles. The summed E-state index contributed by atoms with van der Waals surface area (Å²) in [4.78, 5) is 20.9. The van der Waals surface area contributed by atoms with Gasteiger partial charge in [0, 0.05) is 10.9 Å². The molecule has 4 nitrogen and oxygen atoms in total. The van der Waals surface area contributed by atoms with Gasteiger partial charge in [0.25, 0.3) is 5.91 Å². The van der Waals surface area contributed by atoms with Gasteiger partial charge in [0.2, 0.25) is 0 Å². The number of fused-ring (bicyclic) bond motifs is 1. The molecule has 0 spiro atoms. The third kappa shape index (κ3) is 3.13. The van der Waals surface area contributed by atoms with E-state index in [1.54, 1.807) is 5.38 Å². The van der Waals surface area contributed by atoms with Crippen LogP contribution in [-0.2, 0) is 0 Å². The predicted molar refractivity (Wildman–Crippen MR) is 95.0 cm³/mol. The van der Waals surface area contributed by atoms with Crippen LogP contribution < -0.4 is 5.32 Å². The molecule has 0 fully saturated rings.